The van der Waals surface area contributed by atoms with Gasteiger partial charge in [-0.3, -0.25) is 0 Å². The first-order valence-electron chi connectivity index (χ1n) is 10.5. The van der Waals surface area contributed by atoms with E-state index in [2.05, 4.69) is 67.0 Å². The van der Waals surface area contributed by atoms with Crippen molar-refractivity contribution in [1.82, 2.24) is 20.2 Å². The van der Waals surface area contributed by atoms with E-state index < -0.39 is 0 Å². The molecule has 2 heterocycles. The molecule has 1 aromatic rings. The van der Waals surface area contributed by atoms with Crippen molar-refractivity contribution in [2.75, 3.05) is 25.0 Å². The van der Waals surface area contributed by atoms with Gasteiger partial charge < -0.3 is 15.5 Å². The zero-order chi connectivity index (χ0) is 20.9. The van der Waals surface area contributed by atoms with Gasteiger partial charge in [0.2, 0.25) is 5.28 Å². The fourth-order valence-corrected chi connectivity index (χ4v) is 5.50. The molecule has 0 aliphatic carbocycles. The maximum Gasteiger partial charge on any atom is 0.225 e. The van der Waals surface area contributed by atoms with Crippen molar-refractivity contribution in [3.8, 4) is 0 Å². The average molecular weight is 430 g/mol. The van der Waals surface area contributed by atoms with Crippen LogP contribution in [-0.2, 0) is 0 Å². The van der Waals surface area contributed by atoms with Gasteiger partial charge >= 0.3 is 0 Å². The van der Waals surface area contributed by atoms with Crippen molar-refractivity contribution >= 4 is 29.0 Å². The van der Waals surface area contributed by atoms with Gasteiger partial charge in [0, 0.05) is 29.7 Å². The van der Waals surface area contributed by atoms with Crippen LogP contribution in [0.1, 0.15) is 67.2 Å². The topological polar surface area (TPSA) is 53.1 Å². The summed E-state index contributed by atoms with van der Waals surface area (Å²) in [5.41, 5.74) is 0.342. The van der Waals surface area contributed by atoms with E-state index in [1.807, 2.05) is 0 Å². The van der Waals surface area contributed by atoms with Crippen LogP contribution in [0.15, 0.2) is 6.07 Å². The molecule has 1 aliphatic rings. The zero-order valence-electron chi connectivity index (χ0n) is 18.3. The molecule has 0 amide bonds. The second-order valence-electron chi connectivity index (χ2n) is 9.26. The van der Waals surface area contributed by atoms with Gasteiger partial charge in [0.15, 0.2) is 0 Å². The van der Waals surface area contributed by atoms with Crippen LogP contribution in [-0.4, -0.2) is 51.6 Å². The SMILES string of the molecule is CCN(CC)C(CCCNc1cc(Cl)nc(Cl)n1)C1CC(C)(C)NC(C)(C)C1. The van der Waals surface area contributed by atoms with Crippen LogP contribution in [0.4, 0.5) is 5.82 Å². The minimum Gasteiger partial charge on any atom is -0.370 e. The molecule has 1 saturated heterocycles. The van der Waals surface area contributed by atoms with Crippen LogP contribution in [0, 0.1) is 5.92 Å². The second kappa shape index (κ2) is 9.92. The molecule has 0 radical (unpaired) electrons. The predicted molar refractivity (Wildman–Crippen MR) is 121 cm³/mol. The lowest BCUT2D eigenvalue weighted by atomic mass is 9.71. The average Bonchev–Trinajstić information content (AvgIpc) is 2.54. The van der Waals surface area contributed by atoms with Gasteiger partial charge in [-0.25, -0.2) is 9.97 Å². The summed E-state index contributed by atoms with van der Waals surface area (Å²) in [6.07, 6.45) is 4.66. The Morgan fingerprint density at radius 2 is 1.75 bits per heavy atom. The lowest BCUT2D eigenvalue weighted by Crippen LogP contribution is -2.60. The van der Waals surface area contributed by atoms with Crippen LogP contribution >= 0.6 is 23.2 Å². The monoisotopic (exact) mass is 429 g/mol. The van der Waals surface area contributed by atoms with Crippen molar-refractivity contribution in [2.24, 2.45) is 5.92 Å². The Bertz CT molecular complexity index is 595. The molecule has 0 saturated carbocycles. The normalized spacial score (nSPS) is 20.3. The number of halogens is 2. The number of hydrogen-bond acceptors (Lipinski definition) is 5. The van der Waals surface area contributed by atoms with Crippen molar-refractivity contribution < 1.29 is 0 Å². The van der Waals surface area contributed by atoms with Gasteiger partial charge in [0.1, 0.15) is 11.0 Å². The largest absolute Gasteiger partial charge is 0.370 e. The molecule has 0 spiro atoms. The summed E-state index contributed by atoms with van der Waals surface area (Å²) in [5.74, 6) is 1.38. The lowest BCUT2D eigenvalue weighted by Gasteiger charge is -2.50. The molecule has 1 aromatic heterocycles. The van der Waals surface area contributed by atoms with Gasteiger partial charge in [0.05, 0.1) is 0 Å². The molecule has 1 unspecified atom stereocenters. The summed E-state index contributed by atoms with van der Waals surface area (Å²) in [4.78, 5) is 10.7. The minimum atomic E-state index is 0.171. The van der Waals surface area contributed by atoms with Crippen molar-refractivity contribution in [3.05, 3.63) is 16.5 Å². The van der Waals surface area contributed by atoms with E-state index in [1.54, 1.807) is 6.07 Å². The summed E-state index contributed by atoms with van der Waals surface area (Å²) in [6.45, 7) is 16.9. The van der Waals surface area contributed by atoms with Crippen molar-refractivity contribution in [2.45, 2.75) is 84.3 Å². The highest BCUT2D eigenvalue weighted by Gasteiger charge is 2.41. The fraction of sp³-hybridized carbons (Fsp3) is 0.810. The zero-order valence-corrected chi connectivity index (χ0v) is 19.8. The Labute approximate surface area is 181 Å². The van der Waals surface area contributed by atoms with E-state index in [0.29, 0.717) is 22.9 Å². The highest BCUT2D eigenvalue weighted by molar-refractivity contribution is 6.32. The van der Waals surface area contributed by atoms with Gasteiger partial charge in [-0.2, -0.15) is 0 Å². The van der Waals surface area contributed by atoms with Crippen LogP contribution in [0.25, 0.3) is 0 Å². The molecule has 7 heteroatoms. The first kappa shape index (κ1) is 23.7. The number of aromatic nitrogens is 2. The van der Waals surface area contributed by atoms with Crippen LogP contribution < -0.4 is 10.6 Å². The quantitative estimate of drug-likeness (QED) is 0.319. The third-order valence-electron chi connectivity index (χ3n) is 5.70. The van der Waals surface area contributed by atoms with Crippen LogP contribution in [0.5, 0.6) is 0 Å². The highest BCUT2D eigenvalue weighted by atomic mass is 35.5. The Morgan fingerprint density at radius 3 is 2.29 bits per heavy atom. The van der Waals surface area contributed by atoms with E-state index >= 15 is 0 Å². The molecule has 1 fully saturated rings. The Morgan fingerprint density at radius 1 is 1.14 bits per heavy atom. The van der Waals surface area contributed by atoms with E-state index in [-0.39, 0.29) is 16.4 Å². The number of nitrogens with zero attached hydrogens (tertiary/aromatic N) is 3. The number of piperidine rings is 1. The number of nitrogens with one attached hydrogen (secondary N) is 2. The number of anilines is 1. The molecule has 0 aromatic carbocycles. The smallest absolute Gasteiger partial charge is 0.225 e. The summed E-state index contributed by atoms with van der Waals surface area (Å²) < 4.78 is 0. The lowest BCUT2D eigenvalue weighted by molar-refractivity contribution is 0.0513. The summed E-state index contributed by atoms with van der Waals surface area (Å²) in [7, 11) is 0. The van der Waals surface area contributed by atoms with Crippen molar-refractivity contribution in [1.29, 1.82) is 0 Å². The molecule has 5 nitrogen and oxygen atoms in total. The molecule has 28 heavy (non-hydrogen) atoms. The van der Waals surface area contributed by atoms with E-state index in [0.717, 1.165) is 32.5 Å². The molecular formula is C21H37Cl2N5. The molecule has 2 N–H and O–H groups in total. The molecule has 0 bridgehead atoms. The van der Waals surface area contributed by atoms with Gasteiger partial charge in [-0.1, -0.05) is 25.4 Å². The summed E-state index contributed by atoms with van der Waals surface area (Å²) in [6, 6.07) is 2.31. The van der Waals surface area contributed by atoms with E-state index in [9.17, 15) is 0 Å². The summed E-state index contributed by atoms with van der Waals surface area (Å²) in [5, 5.41) is 7.70. The third kappa shape index (κ3) is 7.01. The standard InChI is InChI=1S/C21H37Cl2N5/c1-7-28(8-2)16(15-13-20(3,4)27-21(5,6)14-15)10-9-11-24-18-12-17(22)25-19(23)26-18/h12,15-16,27H,7-11,13-14H2,1-6H3,(H,24,25,26). The first-order chi connectivity index (χ1) is 13.0. The Kier molecular flexibility index (Phi) is 8.38. The number of rotatable bonds is 9. The Balaban J connectivity index is 2.01. The maximum atomic E-state index is 5.96. The van der Waals surface area contributed by atoms with E-state index in [4.69, 9.17) is 23.2 Å². The predicted octanol–water partition coefficient (Wildman–Crippen LogP) is 5.24. The molecule has 1 atom stereocenters. The van der Waals surface area contributed by atoms with Crippen LogP contribution in [0.2, 0.25) is 10.4 Å². The van der Waals surface area contributed by atoms with Gasteiger partial charge in [-0.05, 0) is 84.0 Å². The third-order valence-corrected chi connectivity index (χ3v) is 6.06. The highest BCUT2D eigenvalue weighted by Crippen LogP contribution is 2.37. The maximum absolute atomic E-state index is 5.96. The van der Waals surface area contributed by atoms with Crippen molar-refractivity contribution in [3.63, 3.8) is 0 Å². The van der Waals surface area contributed by atoms with Gasteiger partial charge in [-0.15, -0.1) is 0 Å². The molecule has 2 rings (SSSR count). The Hall–Kier alpha value is -0.620. The fourth-order valence-electron chi connectivity index (χ4n) is 5.09. The molecular weight excluding hydrogens is 393 g/mol. The molecule has 1 aliphatic heterocycles. The van der Waals surface area contributed by atoms with Crippen LogP contribution in [0.3, 0.4) is 0 Å². The van der Waals surface area contributed by atoms with E-state index in [1.165, 1.54) is 12.8 Å². The first-order valence-corrected chi connectivity index (χ1v) is 11.3. The molecule has 160 valence electrons. The summed E-state index contributed by atoms with van der Waals surface area (Å²) >= 11 is 11.8. The second-order valence-corrected chi connectivity index (χ2v) is 9.99. The number of hydrogen-bond donors (Lipinski definition) is 2. The van der Waals surface area contributed by atoms with Gasteiger partial charge in [0.25, 0.3) is 0 Å². The minimum absolute atomic E-state index is 0.171.